The van der Waals surface area contributed by atoms with E-state index in [0.29, 0.717) is 16.7 Å². The lowest BCUT2D eigenvalue weighted by atomic mass is 10.0. The Kier molecular flexibility index (Phi) is 5.07. The number of halogens is 1. The van der Waals surface area contributed by atoms with Gasteiger partial charge < -0.3 is 5.32 Å². The van der Waals surface area contributed by atoms with E-state index in [1.165, 1.54) is 0 Å². The molecule has 6 heteroatoms. The number of anilines is 1. The molecule has 4 aromatic rings. The number of hydrogen-bond acceptors (Lipinski definition) is 4. The Morgan fingerprint density at radius 3 is 2.59 bits per heavy atom. The molecule has 0 radical (unpaired) electrons. The summed E-state index contributed by atoms with van der Waals surface area (Å²) >= 11 is 6.28. The van der Waals surface area contributed by atoms with Crippen LogP contribution < -0.4 is 10.9 Å². The van der Waals surface area contributed by atoms with Crippen LogP contribution in [0.4, 0.5) is 5.82 Å². The Bertz CT molecular complexity index is 1250. The van der Waals surface area contributed by atoms with Gasteiger partial charge in [-0.25, -0.2) is 9.97 Å². The summed E-state index contributed by atoms with van der Waals surface area (Å²) in [5, 5.41) is 5.42. The molecular weight excluding hydrogens is 384 g/mol. The molecule has 0 saturated heterocycles. The van der Waals surface area contributed by atoms with Crippen LogP contribution in [-0.2, 0) is 0 Å². The first-order valence-electron chi connectivity index (χ1n) is 9.42. The van der Waals surface area contributed by atoms with Crippen molar-refractivity contribution in [3.05, 3.63) is 93.3 Å². The standard InChI is InChI=1S/C23H21ClN4O/c1-14-8-7-9-17-12-20(15(2)26-22-19(24)13-25-16(3)27-22)28(23(29)21(14)17)18-10-5-4-6-11-18/h4-13,15H,1-3H3,(H,25,26,27). The summed E-state index contributed by atoms with van der Waals surface area (Å²) in [5.41, 5.74) is 2.56. The zero-order chi connectivity index (χ0) is 20.5. The van der Waals surface area contributed by atoms with Crippen molar-refractivity contribution in [2.45, 2.75) is 26.8 Å². The molecule has 1 atom stereocenters. The summed E-state index contributed by atoms with van der Waals surface area (Å²) in [6, 6.07) is 17.4. The van der Waals surface area contributed by atoms with Gasteiger partial charge >= 0.3 is 0 Å². The molecule has 2 heterocycles. The van der Waals surface area contributed by atoms with Crippen molar-refractivity contribution in [1.82, 2.24) is 14.5 Å². The first-order valence-corrected chi connectivity index (χ1v) is 9.80. The maximum atomic E-state index is 13.5. The van der Waals surface area contributed by atoms with Crippen LogP contribution in [0.15, 0.2) is 65.6 Å². The highest BCUT2D eigenvalue weighted by Crippen LogP contribution is 2.27. The second-order valence-electron chi connectivity index (χ2n) is 7.06. The van der Waals surface area contributed by atoms with Crippen LogP contribution in [0.2, 0.25) is 5.02 Å². The molecular formula is C23H21ClN4O. The summed E-state index contributed by atoms with van der Waals surface area (Å²) in [4.78, 5) is 22.0. The Labute approximate surface area is 174 Å². The number of para-hydroxylation sites is 1. The highest BCUT2D eigenvalue weighted by atomic mass is 35.5. The molecule has 0 amide bonds. The average molecular weight is 405 g/mol. The Hall–Kier alpha value is -3.18. The monoisotopic (exact) mass is 404 g/mol. The van der Waals surface area contributed by atoms with E-state index in [1.807, 2.05) is 69.3 Å². The summed E-state index contributed by atoms with van der Waals surface area (Å²) in [6.45, 7) is 5.76. The first-order chi connectivity index (χ1) is 14.0. The van der Waals surface area contributed by atoms with Gasteiger partial charge in [0.25, 0.3) is 5.56 Å². The molecule has 2 aromatic carbocycles. The van der Waals surface area contributed by atoms with Crippen molar-refractivity contribution in [3.8, 4) is 5.69 Å². The van der Waals surface area contributed by atoms with E-state index < -0.39 is 0 Å². The quantitative estimate of drug-likeness (QED) is 0.506. The van der Waals surface area contributed by atoms with Gasteiger partial charge in [0, 0.05) is 11.4 Å². The molecule has 4 rings (SSSR count). The van der Waals surface area contributed by atoms with Crippen molar-refractivity contribution in [2.24, 2.45) is 0 Å². The van der Waals surface area contributed by atoms with Crippen molar-refractivity contribution in [1.29, 1.82) is 0 Å². The van der Waals surface area contributed by atoms with E-state index in [2.05, 4.69) is 21.4 Å². The number of pyridine rings is 1. The fraction of sp³-hybridized carbons (Fsp3) is 0.174. The van der Waals surface area contributed by atoms with Crippen molar-refractivity contribution < 1.29 is 0 Å². The van der Waals surface area contributed by atoms with Crippen molar-refractivity contribution in [2.75, 3.05) is 5.32 Å². The van der Waals surface area contributed by atoms with Gasteiger partial charge in [0.1, 0.15) is 16.7 Å². The van der Waals surface area contributed by atoms with E-state index in [0.717, 1.165) is 27.7 Å². The number of rotatable bonds is 4. The predicted molar refractivity (Wildman–Crippen MR) is 118 cm³/mol. The molecule has 0 aliphatic rings. The van der Waals surface area contributed by atoms with Crippen LogP contribution in [0.3, 0.4) is 0 Å². The van der Waals surface area contributed by atoms with E-state index in [1.54, 1.807) is 10.8 Å². The van der Waals surface area contributed by atoms with E-state index in [-0.39, 0.29) is 11.6 Å². The number of hydrogen-bond donors (Lipinski definition) is 1. The number of nitrogens with zero attached hydrogens (tertiary/aromatic N) is 3. The molecule has 0 aliphatic carbocycles. The zero-order valence-electron chi connectivity index (χ0n) is 16.5. The predicted octanol–water partition coefficient (Wildman–Crippen LogP) is 5.22. The maximum Gasteiger partial charge on any atom is 0.263 e. The van der Waals surface area contributed by atoms with Crippen LogP contribution in [0, 0.1) is 13.8 Å². The fourth-order valence-corrected chi connectivity index (χ4v) is 3.70. The minimum Gasteiger partial charge on any atom is -0.361 e. The second kappa shape index (κ2) is 7.68. The van der Waals surface area contributed by atoms with Crippen LogP contribution in [0.25, 0.3) is 16.5 Å². The lowest BCUT2D eigenvalue weighted by Gasteiger charge is -2.22. The molecule has 2 aromatic heterocycles. The number of fused-ring (bicyclic) bond motifs is 1. The van der Waals surface area contributed by atoms with Gasteiger partial charge in [-0.15, -0.1) is 0 Å². The molecule has 1 N–H and O–H groups in total. The summed E-state index contributed by atoms with van der Waals surface area (Å²) in [5.74, 6) is 1.17. The molecule has 29 heavy (non-hydrogen) atoms. The van der Waals surface area contributed by atoms with Crippen LogP contribution in [0.5, 0.6) is 0 Å². The zero-order valence-corrected chi connectivity index (χ0v) is 17.2. The number of benzene rings is 2. The van der Waals surface area contributed by atoms with E-state index >= 15 is 0 Å². The van der Waals surface area contributed by atoms with Crippen LogP contribution >= 0.6 is 11.6 Å². The third-order valence-corrected chi connectivity index (χ3v) is 5.24. The number of aryl methyl sites for hydroxylation is 2. The third kappa shape index (κ3) is 3.61. The molecule has 0 spiro atoms. The molecule has 0 bridgehead atoms. The average Bonchev–Trinajstić information content (AvgIpc) is 2.71. The van der Waals surface area contributed by atoms with Crippen molar-refractivity contribution in [3.63, 3.8) is 0 Å². The fourth-order valence-electron chi connectivity index (χ4n) is 3.55. The van der Waals surface area contributed by atoms with E-state index in [9.17, 15) is 4.79 Å². The summed E-state index contributed by atoms with van der Waals surface area (Å²) in [7, 11) is 0. The van der Waals surface area contributed by atoms with Gasteiger partial charge in [-0.1, -0.05) is 48.0 Å². The van der Waals surface area contributed by atoms with Gasteiger partial charge in [-0.2, -0.15) is 0 Å². The number of nitrogens with one attached hydrogen (secondary N) is 1. The minimum absolute atomic E-state index is 0.0413. The van der Waals surface area contributed by atoms with Crippen molar-refractivity contribution >= 4 is 28.2 Å². The van der Waals surface area contributed by atoms with Crippen LogP contribution in [0.1, 0.15) is 30.0 Å². The molecule has 5 nitrogen and oxygen atoms in total. The lowest BCUT2D eigenvalue weighted by Crippen LogP contribution is -2.26. The lowest BCUT2D eigenvalue weighted by molar-refractivity contribution is 0.771. The van der Waals surface area contributed by atoms with Crippen LogP contribution in [-0.4, -0.2) is 14.5 Å². The first kappa shape index (κ1) is 19.2. The molecule has 0 saturated carbocycles. The van der Waals surface area contributed by atoms with Gasteiger partial charge in [0.05, 0.1) is 17.6 Å². The largest absolute Gasteiger partial charge is 0.361 e. The molecule has 0 aliphatic heterocycles. The van der Waals surface area contributed by atoms with Gasteiger partial charge in [-0.3, -0.25) is 9.36 Å². The molecule has 1 unspecified atom stereocenters. The molecule has 0 fully saturated rings. The SMILES string of the molecule is Cc1ncc(Cl)c(NC(C)c2cc3cccc(C)c3c(=O)n2-c2ccccc2)n1. The van der Waals surface area contributed by atoms with Gasteiger partial charge in [0.2, 0.25) is 0 Å². The Balaban J connectivity index is 1.93. The molecule has 146 valence electrons. The van der Waals surface area contributed by atoms with Gasteiger partial charge in [-0.05, 0) is 49.9 Å². The highest BCUT2D eigenvalue weighted by Gasteiger charge is 2.18. The number of aromatic nitrogens is 3. The smallest absolute Gasteiger partial charge is 0.263 e. The maximum absolute atomic E-state index is 13.5. The van der Waals surface area contributed by atoms with E-state index in [4.69, 9.17) is 11.6 Å². The Morgan fingerprint density at radius 2 is 1.83 bits per heavy atom. The third-order valence-electron chi connectivity index (χ3n) is 4.96. The summed E-state index contributed by atoms with van der Waals surface area (Å²) < 4.78 is 1.76. The summed E-state index contributed by atoms with van der Waals surface area (Å²) in [6.07, 6.45) is 1.58. The topological polar surface area (TPSA) is 59.8 Å². The minimum atomic E-state index is -0.223. The van der Waals surface area contributed by atoms with Gasteiger partial charge in [0.15, 0.2) is 0 Å². The highest BCUT2D eigenvalue weighted by molar-refractivity contribution is 6.32. The second-order valence-corrected chi connectivity index (χ2v) is 7.47. The normalized spacial score (nSPS) is 12.1. The Morgan fingerprint density at radius 1 is 1.07 bits per heavy atom.